The number of aromatic hydroxyl groups is 1. The van der Waals surface area contributed by atoms with Crippen LogP contribution in [-0.2, 0) is 9.37 Å². The van der Waals surface area contributed by atoms with E-state index in [-0.39, 0.29) is 5.75 Å². The van der Waals surface area contributed by atoms with E-state index in [1.54, 1.807) is 19.1 Å². The van der Waals surface area contributed by atoms with E-state index in [1.807, 2.05) is 0 Å². The predicted molar refractivity (Wildman–Crippen MR) is 43.5 cm³/mol. The number of benzene rings is 1. The van der Waals surface area contributed by atoms with Crippen LogP contribution in [0, 0.1) is 6.92 Å². The first kappa shape index (κ1) is 9.34. The number of aryl methyl sites for hydroxylation is 1. The molecule has 0 unspecified atom stereocenters. The monoisotopic (exact) mass is 188 g/mol. The van der Waals surface area contributed by atoms with E-state index in [1.165, 1.54) is 6.07 Å². The number of phenols is 1. The van der Waals surface area contributed by atoms with E-state index in [0.29, 0.717) is 4.90 Å². The lowest BCUT2D eigenvalue weighted by molar-refractivity contribution is -0.432. The average Bonchev–Trinajstić information content (AvgIpc) is 2.07. The zero-order valence-corrected chi connectivity index (χ0v) is 7.17. The molecule has 0 fully saturated rings. The molecule has 0 bridgehead atoms. The van der Waals surface area contributed by atoms with Crippen molar-refractivity contribution >= 4 is 12.0 Å². The molecule has 0 saturated carbocycles. The van der Waals surface area contributed by atoms with Gasteiger partial charge in [-0.1, -0.05) is 11.1 Å². The van der Waals surface area contributed by atoms with E-state index in [9.17, 15) is 5.11 Å². The Bertz CT molecular complexity index is 264. The lowest BCUT2D eigenvalue weighted by Crippen LogP contribution is -1.80. The van der Waals surface area contributed by atoms with E-state index < -0.39 is 0 Å². The van der Waals surface area contributed by atoms with Crippen molar-refractivity contribution in [2.75, 3.05) is 0 Å². The van der Waals surface area contributed by atoms with Crippen LogP contribution in [0.3, 0.4) is 0 Å². The van der Waals surface area contributed by atoms with E-state index in [0.717, 1.165) is 17.6 Å². The van der Waals surface area contributed by atoms with Gasteiger partial charge < -0.3 is 5.11 Å². The topological polar surface area (TPSA) is 58.9 Å². The van der Waals surface area contributed by atoms with Crippen molar-refractivity contribution in [3.63, 3.8) is 0 Å². The van der Waals surface area contributed by atoms with Gasteiger partial charge in [-0.25, -0.2) is 5.26 Å². The molecule has 0 radical (unpaired) electrons. The minimum atomic E-state index is 0.182. The van der Waals surface area contributed by atoms with Gasteiger partial charge in [0.2, 0.25) is 0 Å². The van der Waals surface area contributed by atoms with Crippen LogP contribution in [0.5, 0.6) is 5.75 Å². The van der Waals surface area contributed by atoms with Gasteiger partial charge in [-0.15, -0.1) is 4.33 Å². The van der Waals surface area contributed by atoms with Crippen LogP contribution in [0.2, 0.25) is 0 Å². The molecule has 12 heavy (non-hydrogen) atoms. The molecule has 66 valence electrons. The first-order chi connectivity index (χ1) is 5.74. The zero-order chi connectivity index (χ0) is 8.97. The van der Waals surface area contributed by atoms with Gasteiger partial charge in [0.1, 0.15) is 5.75 Å². The summed E-state index contributed by atoms with van der Waals surface area (Å²) in [4.78, 5) is 0.646. The summed E-state index contributed by atoms with van der Waals surface area (Å²) in [5.74, 6) is 0.182. The molecule has 0 aliphatic rings. The molecule has 0 aromatic heterocycles. The summed E-state index contributed by atoms with van der Waals surface area (Å²) in [5, 5.41) is 20.5. The van der Waals surface area contributed by atoms with Crippen molar-refractivity contribution in [1.29, 1.82) is 0 Å². The molecule has 0 atom stereocenters. The minimum absolute atomic E-state index is 0.182. The van der Waals surface area contributed by atoms with Crippen LogP contribution >= 0.6 is 12.0 Å². The summed E-state index contributed by atoms with van der Waals surface area (Å²) < 4.78 is 4.18. The van der Waals surface area contributed by atoms with Gasteiger partial charge in [0, 0.05) is 4.90 Å². The molecule has 1 aromatic rings. The summed E-state index contributed by atoms with van der Waals surface area (Å²) in [6.07, 6.45) is 0. The van der Waals surface area contributed by atoms with Crippen LogP contribution in [0.4, 0.5) is 0 Å². The Labute approximate surface area is 73.8 Å². The normalized spacial score (nSPS) is 10.2. The molecule has 0 aliphatic carbocycles. The fourth-order valence-corrected chi connectivity index (χ4v) is 1.09. The lowest BCUT2D eigenvalue weighted by Gasteiger charge is -2.00. The highest BCUT2D eigenvalue weighted by atomic mass is 32.2. The van der Waals surface area contributed by atoms with Gasteiger partial charge in [-0.3, -0.25) is 0 Å². The smallest absolute Gasteiger partial charge is 0.119 e. The first-order valence-electron chi connectivity index (χ1n) is 3.18. The molecule has 0 aliphatic heterocycles. The van der Waals surface area contributed by atoms with Crippen LogP contribution in [-0.4, -0.2) is 10.4 Å². The Morgan fingerprint density at radius 2 is 2.17 bits per heavy atom. The maximum atomic E-state index is 9.23. The van der Waals surface area contributed by atoms with E-state index in [4.69, 9.17) is 5.26 Å². The largest absolute Gasteiger partial charge is 0.508 e. The van der Waals surface area contributed by atoms with Gasteiger partial charge in [-0.05, 0) is 24.6 Å². The number of hydrogen-bond acceptors (Lipinski definition) is 5. The SMILES string of the molecule is Cc1ccc(SOOO)cc1O. The van der Waals surface area contributed by atoms with Crippen LogP contribution in [0.1, 0.15) is 5.56 Å². The second kappa shape index (κ2) is 4.32. The fraction of sp³-hybridized carbons (Fsp3) is 0.143. The van der Waals surface area contributed by atoms with Gasteiger partial charge in [-0.2, -0.15) is 0 Å². The molecule has 0 saturated heterocycles. The summed E-state index contributed by atoms with van der Waals surface area (Å²) in [6.45, 7) is 1.78. The van der Waals surface area contributed by atoms with Gasteiger partial charge >= 0.3 is 0 Å². The Kier molecular flexibility index (Phi) is 3.36. The van der Waals surface area contributed by atoms with Crippen LogP contribution in [0.15, 0.2) is 23.1 Å². The highest BCUT2D eigenvalue weighted by Gasteiger charge is 1.99. The zero-order valence-electron chi connectivity index (χ0n) is 6.35. The highest BCUT2D eigenvalue weighted by molar-refractivity contribution is 7.94. The summed E-state index contributed by atoms with van der Waals surface area (Å²) in [6, 6.07) is 4.98. The third-order valence-electron chi connectivity index (χ3n) is 1.34. The molecule has 0 amide bonds. The van der Waals surface area contributed by atoms with Crippen molar-refractivity contribution in [1.82, 2.24) is 0 Å². The summed E-state index contributed by atoms with van der Waals surface area (Å²) in [7, 11) is 0. The van der Waals surface area contributed by atoms with E-state index >= 15 is 0 Å². The van der Waals surface area contributed by atoms with Crippen molar-refractivity contribution in [3.05, 3.63) is 23.8 Å². The van der Waals surface area contributed by atoms with Crippen molar-refractivity contribution in [2.24, 2.45) is 0 Å². The number of phenolic OH excluding ortho intramolecular Hbond substituents is 1. The average molecular weight is 188 g/mol. The van der Waals surface area contributed by atoms with Crippen molar-refractivity contribution in [2.45, 2.75) is 11.8 Å². The standard InChI is InChI=1S/C7H8O4S/c1-5-2-3-6(4-7(5)8)12-11-10-9/h2-4,8-9H,1H3. The summed E-state index contributed by atoms with van der Waals surface area (Å²) in [5.41, 5.74) is 0.782. The van der Waals surface area contributed by atoms with Crippen molar-refractivity contribution in [3.8, 4) is 5.75 Å². The van der Waals surface area contributed by atoms with Gasteiger partial charge in [0.05, 0.1) is 12.0 Å². The van der Waals surface area contributed by atoms with Crippen molar-refractivity contribution < 1.29 is 19.7 Å². The van der Waals surface area contributed by atoms with Gasteiger partial charge in [0.15, 0.2) is 0 Å². The molecular weight excluding hydrogens is 180 g/mol. The molecular formula is C7H8O4S. The molecule has 1 aromatic carbocycles. The molecule has 0 spiro atoms. The lowest BCUT2D eigenvalue weighted by atomic mass is 10.2. The predicted octanol–water partition coefficient (Wildman–Crippen LogP) is 2.13. The third-order valence-corrected chi connectivity index (χ3v) is 1.92. The Morgan fingerprint density at radius 3 is 2.75 bits per heavy atom. The number of rotatable bonds is 3. The van der Waals surface area contributed by atoms with Gasteiger partial charge in [0.25, 0.3) is 0 Å². The summed E-state index contributed by atoms with van der Waals surface area (Å²) >= 11 is 0.811. The Hall–Kier alpha value is -0.750. The highest BCUT2D eigenvalue weighted by Crippen LogP contribution is 2.25. The maximum Gasteiger partial charge on any atom is 0.119 e. The Balaban J connectivity index is 2.69. The molecule has 2 N–H and O–H groups in total. The van der Waals surface area contributed by atoms with Crippen LogP contribution < -0.4 is 0 Å². The Morgan fingerprint density at radius 1 is 1.42 bits per heavy atom. The quantitative estimate of drug-likeness (QED) is 0.432. The fourth-order valence-electron chi connectivity index (χ4n) is 0.696. The maximum absolute atomic E-state index is 9.23. The van der Waals surface area contributed by atoms with E-state index in [2.05, 4.69) is 9.37 Å². The number of hydrogen-bond donors (Lipinski definition) is 2. The molecule has 4 nitrogen and oxygen atoms in total. The molecule has 5 heteroatoms. The minimum Gasteiger partial charge on any atom is -0.508 e. The first-order valence-corrected chi connectivity index (χ1v) is 3.92. The third kappa shape index (κ3) is 2.38. The second-order valence-electron chi connectivity index (χ2n) is 2.17. The molecule has 0 heterocycles. The second-order valence-corrected chi connectivity index (χ2v) is 2.95. The van der Waals surface area contributed by atoms with Crippen LogP contribution in [0.25, 0.3) is 0 Å². The molecule has 1 rings (SSSR count).